The van der Waals surface area contributed by atoms with Gasteiger partial charge >= 0.3 is 0 Å². The minimum absolute atomic E-state index is 0.149. The second-order valence-corrected chi connectivity index (χ2v) is 10.4. The van der Waals surface area contributed by atoms with Gasteiger partial charge in [0.15, 0.2) is 0 Å². The lowest BCUT2D eigenvalue weighted by molar-refractivity contribution is 0.387. The Balaban J connectivity index is 1.87. The van der Waals surface area contributed by atoms with E-state index in [2.05, 4.69) is 30.8 Å². The summed E-state index contributed by atoms with van der Waals surface area (Å²) in [6.45, 7) is 8.18. The van der Waals surface area contributed by atoms with Gasteiger partial charge in [-0.3, -0.25) is 0 Å². The van der Waals surface area contributed by atoms with Crippen LogP contribution in [0.2, 0.25) is 0 Å². The third kappa shape index (κ3) is 3.86. The molecule has 1 atom stereocenters. The van der Waals surface area contributed by atoms with Gasteiger partial charge in [0.1, 0.15) is 0 Å². The monoisotopic (exact) mass is 431 g/mol. The van der Waals surface area contributed by atoms with Crippen LogP contribution in [0.5, 0.6) is 0 Å². The first-order valence-electron chi connectivity index (χ1n) is 10.7. The first-order valence-corrected chi connectivity index (χ1v) is 12.1. The zero-order valence-electron chi connectivity index (χ0n) is 18.2. The van der Waals surface area contributed by atoms with Crippen molar-refractivity contribution in [1.82, 2.24) is 4.31 Å². The molecule has 0 aliphatic carbocycles. The van der Waals surface area contributed by atoms with Gasteiger partial charge in [0, 0.05) is 18.0 Å². The van der Waals surface area contributed by atoms with Gasteiger partial charge in [-0.05, 0) is 49.4 Å². The van der Waals surface area contributed by atoms with E-state index in [0.29, 0.717) is 17.9 Å². The van der Waals surface area contributed by atoms with Crippen LogP contribution in [0.3, 0.4) is 0 Å². The Morgan fingerprint density at radius 2 is 1.55 bits per heavy atom. The maximum atomic E-state index is 13.9. The highest BCUT2D eigenvalue weighted by molar-refractivity contribution is 7.89. The molecule has 0 bridgehead atoms. The van der Waals surface area contributed by atoms with E-state index in [1.165, 1.54) is 0 Å². The lowest BCUT2D eigenvalue weighted by atomic mass is 9.72. The molecular formula is C27H29NO2S. The SMILES string of the molecule is C=CC[C@H]1CC(c2ccccc2)(c2ccccc2)CN1S(=O)(=O)c1ccc(C)cc1C. The molecule has 160 valence electrons. The number of aryl methyl sites for hydroxylation is 2. The van der Waals surface area contributed by atoms with Gasteiger partial charge in [-0.2, -0.15) is 4.31 Å². The molecule has 0 aromatic heterocycles. The third-order valence-corrected chi connectivity index (χ3v) is 8.48. The standard InChI is InChI=1S/C27H29NO2S/c1-4-11-25-19-27(23-12-7-5-8-13-23,24-14-9-6-10-15-24)20-28(25)31(29,30)26-17-16-21(2)18-22(26)3/h4-10,12-18,25H,1,11,19-20H2,2-3H3/t25-/m0/s1. The van der Waals surface area contributed by atoms with E-state index in [1.807, 2.05) is 68.5 Å². The Bertz CT molecular complexity index is 1130. The fourth-order valence-electron chi connectivity index (χ4n) is 4.95. The van der Waals surface area contributed by atoms with E-state index >= 15 is 0 Å². The summed E-state index contributed by atoms with van der Waals surface area (Å²) in [5.41, 5.74) is 3.74. The molecule has 3 nitrogen and oxygen atoms in total. The molecule has 4 heteroatoms. The maximum absolute atomic E-state index is 13.9. The average molecular weight is 432 g/mol. The molecule has 0 spiro atoms. The quantitative estimate of drug-likeness (QED) is 0.475. The summed E-state index contributed by atoms with van der Waals surface area (Å²) >= 11 is 0. The van der Waals surface area contributed by atoms with Crippen molar-refractivity contribution in [3.05, 3.63) is 114 Å². The Morgan fingerprint density at radius 3 is 2.06 bits per heavy atom. The molecule has 1 fully saturated rings. The van der Waals surface area contributed by atoms with Crippen LogP contribution in [0.25, 0.3) is 0 Å². The van der Waals surface area contributed by atoms with Crippen LogP contribution in [0.1, 0.15) is 35.1 Å². The third-order valence-electron chi connectivity index (χ3n) is 6.43. The van der Waals surface area contributed by atoms with Gasteiger partial charge in [-0.15, -0.1) is 6.58 Å². The molecule has 3 aromatic rings. The molecule has 4 rings (SSSR count). The van der Waals surface area contributed by atoms with Crippen LogP contribution >= 0.6 is 0 Å². The molecule has 31 heavy (non-hydrogen) atoms. The predicted octanol–water partition coefficient (Wildman–Crippen LogP) is 5.63. The molecule has 0 amide bonds. The molecule has 1 heterocycles. The molecule has 1 aliphatic heterocycles. The van der Waals surface area contributed by atoms with Gasteiger partial charge in [-0.25, -0.2) is 8.42 Å². The normalized spacial score (nSPS) is 18.7. The van der Waals surface area contributed by atoms with Crippen LogP contribution in [0.4, 0.5) is 0 Å². The zero-order valence-corrected chi connectivity index (χ0v) is 19.0. The van der Waals surface area contributed by atoms with Gasteiger partial charge in [0.05, 0.1) is 4.90 Å². The summed E-state index contributed by atoms with van der Waals surface area (Å²) in [4.78, 5) is 0.393. The summed E-state index contributed by atoms with van der Waals surface area (Å²) in [6.07, 6.45) is 3.17. The fourth-order valence-corrected chi connectivity index (χ4v) is 6.85. The molecule has 0 radical (unpaired) electrons. The van der Waals surface area contributed by atoms with Crippen molar-refractivity contribution in [1.29, 1.82) is 0 Å². The molecule has 1 aliphatic rings. The van der Waals surface area contributed by atoms with Crippen LogP contribution in [0, 0.1) is 13.8 Å². The largest absolute Gasteiger partial charge is 0.243 e. The molecular weight excluding hydrogens is 402 g/mol. The predicted molar refractivity (Wildman–Crippen MR) is 127 cm³/mol. The van der Waals surface area contributed by atoms with Crippen molar-refractivity contribution >= 4 is 10.0 Å². The van der Waals surface area contributed by atoms with Crippen molar-refractivity contribution in [2.75, 3.05) is 6.54 Å². The minimum Gasteiger partial charge on any atom is -0.207 e. The first kappa shape index (κ1) is 21.5. The average Bonchev–Trinajstić information content (AvgIpc) is 3.17. The summed E-state index contributed by atoms with van der Waals surface area (Å²) in [5.74, 6) is 0. The number of benzene rings is 3. The highest BCUT2D eigenvalue weighted by Crippen LogP contribution is 2.46. The molecule has 3 aromatic carbocycles. The van der Waals surface area contributed by atoms with Crippen molar-refractivity contribution in [2.24, 2.45) is 0 Å². The molecule has 0 N–H and O–H groups in total. The van der Waals surface area contributed by atoms with Gasteiger partial charge in [-0.1, -0.05) is 84.4 Å². The van der Waals surface area contributed by atoms with Crippen molar-refractivity contribution in [3.63, 3.8) is 0 Å². The molecule has 0 saturated carbocycles. The van der Waals surface area contributed by atoms with Crippen LogP contribution in [-0.4, -0.2) is 25.3 Å². The Morgan fingerprint density at radius 1 is 0.968 bits per heavy atom. The molecule has 0 unspecified atom stereocenters. The van der Waals surface area contributed by atoms with E-state index in [1.54, 1.807) is 10.4 Å². The zero-order chi connectivity index (χ0) is 22.1. The van der Waals surface area contributed by atoms with E-state index in [4.69, 9.17) is 0 Å². The fraction of sp³-hybridized carbons (Fsp3) is 0.259. The number of hydrogen-bond acceptors (Lipinski definition) is 2. The number of sulfonamides is 1. The van der Waals surface area contributed by atoms with Crippen molar-refractivity contribution in [3.8, 4) is 0 Å². The van der Waals surface area contributed by atoms with Gasteiger partial charge < -0.3 is 0 Å². The summed E-state index contributed by atoms with van der Waals surface area (Å²) in [7, 11) is -3.66. The van der Waals surface area contributed by atoms with E-state index in [0.717, 1.165) is 28.7 Å². The van der Waals surface area contributed by atoms with E-state index in [9.17, 15) is 8.42 Å². The second-order valence-electron chi connectivity index (χ2n) is 8.52. The highest BCUT2D eigenvalue weighted by atomic mass is 32.2. The van der Waals surface area contributed by atoms with Gasteiger partial charge in [0.25, 0.3) is 0 Å². The van der Waals surface area contributed by atoms with Crippen molar-refractivity contribution in [2.45, 2.75) is 43.0 Å². The van der Waals surface area contributed by atoms with E-state index < -0.39 is 15.4 Å². The lowest BCUT2D eigenvalue weighted by Gasteiger charge is -2.31. The number of hydrogen-bond donors (Lipinski definition) is 0. The second kappa shape index (κ2) is 8.45. The maximum Gasteiger partial charge on any atom is 0.243 e. The summed E-state index contributed by atoms with van der Waals surface area (Å²) in [6, 6.07) is 26.0. The van der Waals surface area contributed by atoms with Crippen LogP contribution in [0.15, 0.2) is 96.4 Å². The summed E-state index contributed by atoms with van der Waals surface area (Å²) in [5, 5.41) is 0. The number of nitrogens with zero attached hydrogens (tertiary/aromatic N) is 1. The Hall–Kier alpha value is -2.69. The highest BCUT2D eigenvalue weighted by Gasteiger charge is 2.50. The Labute approximate surface area is 186 Å². The van der Waals surface area contributed by atoms with Crippen LogP contribution in [-0.2, 0) is 15.4 Å². The van der Waals surface area contributed by atoms with Gasteiger partial charge in [0.2, 0.25) is 10.0 Å². The van der Waals surface area contributed by atoms with Crippen LogP contribution < -0.4 is 0 Å². The first-order chi connectivity index (χ1) is 14.9. The Kier molecular flexibility index (Phi) is 5.87. The number of rotatable bonds is 6. The lowest BCUT2D eigenvalue weighted by Crippen LogP contribution is -2.38. The topological polar surface area (TPSA) is 37.4 Å². The van der Waals surface area contributed by atoms with Crippen molar-refractivity contribution < 1.29 is 8.42 Å². The summed E-state index contributed by atoms with van der Waals surface area (Å²) < 4.78 is 29.5. The molecule has 1 saturated heterocycles. The van der Waals surface area contributed by atoms with E-state index in [-0.39, 0.29) is 6.04 Å². The smallest absolute Gasteiger partial charge is 0.207 e. The minimum atomic E-state index is -3.66.